The molecule has 2 heterocycles. The number of hydrogen-bond donors (Lipinski definition) is 1. The lowest BCUT2D eigenvalue weighted by Crippen LogP contribution is -2.15. The van der Waals surface area contributed by atoms with E-state index >= 15 is 0 Å². The molecule has 1 fully saturated rings. The molecule has 3 aromatic rings. The molecule has 0 spiro atoms. The normalized spacial score (nSPS) is 15.1. The first-order valence-corrected chi connectivity index (χ1v) is 9.38. The summed E-state index contributed by atoms with van der Waals surface area (Å²) in [7, 11) is -3.79. The van der Waals surface area contributed by atoms with E-state index in [9.17, 15) is 13.5 Å². The van der Waals surface area contributed by atoms with E-state index in [0.29, 0.717) is 22.6 Å². The smallest absolute Gasteiger partial charge is 0.268 e. The maximum absolute atomic E-state index is 13.1. The lowest BCUT2D eigenvalue weighted by molar-refractivity contribution is 0.276. The number of fused-ring (bicyclic) bond motifs is 1. The second kappa shape index (κ2) is 5.43. The molecular weight excluding hydrogens is 324 g/mol. The monoisotopic (exact) mass is 342 g/mol. The molecule has 2 aromatic heterocycles. The van der Waals surface area contributed by atoms with E-state index < -0.39 is 10.0 Å². The van der Waals surface area contributed by atoms with Crippen molar-refractivity contribution in [1.82, 2.24) is 8.96 Å². The maximum Gasteiger partial charge on any atom is 0.268 e. The van der Waals surface area contributed by atoms with Crippen LogP contribution in [0.2, 0.25) is 0 Å². The Labute approximate surface area is 140 Å². The predicted molar refractivity (Wildman–Crippen MR) is 91.4 cm³/mol. The molecule has 1 aliphatic carbocycles. The molecule has 0 bridgehead atoms. The number of aryl methyl sites for hydroxylation is 1. The third-order valence-electron chi connectivity index (χ3n) is 4.47. The highest BCUT2D eigenvalue weighted by Crippen LogP contribution is 2.41. The molecule has 0 unspecified atom stereocenters. The molecular formula is C18H18N2O3S. The first-order valence-electron chi connectivity index (χ1n) is 7.94. The number of aliphatic hydroxyl groups excluding tert-OH is 1. The first kappa shape index (κ1) is 15.4. The van der Waals surface area contributed by atoms with Crippen molar-refractivity contribution in [3.05, 3.63) is 59.4 Å². The van der Waals surface area contributed by atoms with Gasteiger partial charge in [-0.2, -0.15) is 0 Å². The number of rotatable bonds is 4. The van der Waals surface area contributed by atoms with Crippen LogP contribution in [0.15, 0.2) is 47.5 Å². The van der Waals surface area contributed by atoms with Gasteiger partial charge in [0.1, 0.15) is 0 Å². The van der Waals surface area contributed by atoms with Crippen LogP contribution >= 0.6 is 0 Å². The van der Waals surface area contributed by atoms with E-state index in [4.69, 9.17) is 0 Å². The number of hydrogen-bond acceptors (Lipinski definition) is 4. The molecule has 1 saturated carbocycles. The summed E-state index contributed by atoms with van der Waals surface area (Å²) in [4.78, 5) is 4.60. The molecule has 1 aliphatic rings. The van der Waals surface area contributed by atoms with E-state index in [2.05, 4.69) is 4.98 Å². The largest absolute Gasteiger partial charge is 0.390 e. The number of aliphatic hydroxyl groups is 1. The van der Waals surface area contributed by atoms with Crippen molar-refractivity contribution in [2.24, 2.45) is 0 Å². The van der Waals surface area contributed by atoms with Crippen molar-refractivity contribution < 1.29 is 13.5 Å². The molecule has 0 atom stereocenters. The highest BCUT2D eigenvalue weighted by Gasteiger charge is 2.27. The Kier molecular flexibility index (Phi) is 3.47. The molecule has 6 heteroatoms. The van der Waals surface area contributed by atoms with Crippen molar-refractivity contribution in [2.75, 3.05) is 0 Å². The fourth-order valence-electron chi connectivity index (χ4n) is 2.97. The van der Waals surface area contributed by atoms with Gasteiger partial charge in [-0.1, -0.05) is 17.7 Å². The molecule has 1 N–H and O–H groups in total. The minimum atomic E-state index is -3.79. The second-order valence-corrected chi connectivity index (χ2v) is 8.11. The highest BCUT2D eigenvalue weighted by molar-refractivity contribution is 7.90. The number of aromatic nitrogens is 2. The Bertz CT molecular complexity index is 1020. The number of pyridine rings is 1. The molecule has 0 aliphatic heterocycles. The van der Waals surface area contributed by atoms with Crippen LogP contribution in [0.5, 0.6) is 0 Å². The van der Waals surface area contributed by atoms with Gasteiger partial charge in [0.25, 0.3) is 10.0 Å². The van der Waals surface area contributed by atoms with Gasteiger partial charge in [-0.3, -0.25) is 4.98 Å². The van der Waals surface area contributed by atoms with Crippen LogP contribution in [0.3, 0.4) is 0 Å². The average molecular weight is 342 g/mol. The summed E-state index contributed by atoms with van der Waals surface area (Å²) in [5.41, 5.74) is 3.49. The predicted octanol–water partition coefficient (Wildman–Crippen LogP) is 2.95. The zero-order valence-electron chi connectivity index (χ0n) is 13.3. The number of nitrogens with zero attached hydrogens (tertiary/aromatic N) is 2. The summed E-state index contributed by atoms with van der Waals surface area (Å²) in [5, 5.41) is 9.65. The van der Waals surface area contributed by atoms with Crippen molar-refractivity contribution in [3.8, 4) is 0 Å². The van der Waals surface area contributed by atoms with Crippen LogP contribution in [-0.2, 0) is 16.6 Å². The van der Waals surface area contributed by atoms with Crippen molar-refractivity contribution in [2.45, 2.75) is 37.2 Å². The molecule has 1 aromatic carbocycles. The van der Waals surface area contributed by atoms with Crippen LogP contribution in [0.1, 0.15) is 35.6 Å². The van der Waals surface area contributed by atoms with Gasteiger partial charge in [0.15, 0.2) is 0 Å². The molecule has 0 amide bonds. The van der Waals surface area contributed by atoms with Crippen molar-refractivity contribution in [3.63, 3.8) is 0 Å². The zero-order chi connectivity index (χ0) is 16.9. The van der Waals surface area contributed by atoms with Gasteiger partial charge < -0.3 is 5.11 Å². The lowest BCUT2D eigenvalue weighted by Gasteiger charge is -2.11. The average Bonchev–Trinajstić information content (AvgIpc) is 3.34. The van der Waals surface area contributed by atoms with E-state index in [1.54, 1.807) is 30.3 Å². The lowest BCUT2D eigenvalue weighted by atomic mass is 10.2. The van der Waals surface area contributed by atoms with Gasteiger partial charge in [0.2, 0.25) is 0 Å². The quantitative estimate of drug-likeness (QED) is 0.791. The Balaban J connectivity index is 1.96. The zero-order valence-corrected chi connectivity index (χ0v) is 14.1. The second-order valence-electron chi connectivity index (χ2n) is 6.32. The van der Waals surface area contributed by atoms with E-state index in [-0.39, 0.29) is 11.5 Å². The number of benzene rings is 1. The topological polar surface area (TPSA) is 72.2 Å². The Hall–Kier alpha value is -2.18. The van der Waals surface area contributed by atoms with Gasteiger partial charge in [-0.15, -0.1) is 0 Å². The van der Waals surface area contributed by atoms with Crippen molar-refractivity contribution in [1.29, 1.82) is 0 Å². The van der Waals surface area contributed by atoms with Gasteiger partial charge in [0, 0.05) is 6.20 Å². The molecule has 24 heavy (non-hydrogen) atoms. The van der Waals surface area contributed by atoms with Gasteiger partial charge >= 0.3 is 0 Å². The minimum Gasteiger partial charge on any atom is -0.390 e. The van der Waals surface area contributed by atoms with Crippen LogP contribution in [0.4, 0.5) is 0 Å². The standard InChI is InChI=1S/C18H18N2O3S/c1-12-2-6-16(7-3-12)24(22,23)20-15(11-21)9-17-18(20)8-14(10-19-17)13-4-5-13/h2-3,6-10,13,21H,4-5,11H2,1H3. The van der Waals surface area contributed by atoms with E-state index in [0.717, 1.165) is 24.0 Å². The molecule has 4 rings (SSSR count). The minimum absolute atomic E-state index is 0.206. The van der Waals surface area contributed by atoms with Crippen LogP contribution in [0, 0.1) is 6.92 Å². The van der Waals surface area contributed by atoms with Gasteiger partial charge in [-0.25, -0.2) is 12.4 Å². The van der Waals surface area contributed by atoms with Crippen LogP contribution < -0.4 is 0 Å². The van der Waals surface area contributed by atoms with Crippen LogP contribution in [-0.4, -0.2) is 22.5 Å². The summed E-state index contributed by atoms with van der Waals surface area (Å²) in [6.45, 7) is 1.55. The summed E-state index contributed by atoms with van der Waals surface area (Å²) in [5.74, 6) is 0.477. The van der Waals surface area contributed by atoms with Crippen molar-refractivity contribution >= 4 is 21.1 Å². The van der Waals surface area contributed by atoms with Gasteiger partial charge in [0.05, 0.1) is 28.2 Å². The highest BCUT2D eigenvalue weighted by atomic mass is 32.2. The molecule has 5 nitrogen and oxygen atoms in total. The summed E-state index contributed by atoms with van der Waals surface area (Å²) in [6, 6.07) is 10.3. The van der Waals surface area contributed by atoms with E-state index in [1.165, 1.54) is 3.97 Å². The molecule has 124 valence electrons. The Morgan fingerprint density at radius 1 is 1.21 bits per heavy atom. The first-order chi connectivity index (χ1) is 11.5. The summed E-state index contributed by atoms with van der Waals surface area (Å²) in [6.07, 6.45) is 4.04. The summed E-state index contributed by atoms with van der Waals surface area (Å²) < 4.78 is 27.5. The maximum atomic E-state index is 13.1. The Morgan fingerprint density at radius 2 is 1.92 bits per heavy atom. The SMILES string of the molecule is Cc1ccc(S(=O)(=O)n2c(CO)cc3ncc(C4CC4)cc32)cc1. The molecule has 0 saturated heterocycles. The fraction of sp³-hybridized carbons (Fsp3) is 0.278. The van der Waals surface area contributed by atoms with E-state index in [1.807, 2.05) is 19.2 Å². The molecule has 0 radical (unpaired) electrons. The fourth-order valence-corrected chi connectivity index (χ4v) is 4.49. The van der Waals surface area contributed by atoms with Gasteiger partial charge in [-0.05, 0) is 55.5 Å². The summed E-state index contributed by atoms with van der Waals surface area (Å²) >= 11 is 0. The third-order valence-corrected chi connectivity index (χ3v) is 6.25. The third kappa shape index (κ3) is 2.42. The Morgan fingerprint density at radius 3 is 2.54 bits per heavy atom. The van der Waals surface area contributed by atoms with Crippen LogP contribution in [0.25, 0.3) is 11.0 Å².